The van der Waals surface area contributed by atoms with Crippen molar-refractivity contribution in [2.75, 3.05) is 7.11 Å². The summed E-state index contributed by atoms with van der Waals surface area (Å²) in [6, 6.07) is 5.15. The second kappa shape index (κ2) is 3.55. The summed E-state index contributed by atoms with van der Waals surface area (Å²) in [6.07, 6.45) is -4.64. The van der Waals surface area contributed by atoms with E-state index in [0.29, 0.717) is 5.75 Å². The number of hydrogen-bond acceptors (Lipinski definition) is 2. The van der Waals surface area contributed by atoms with Gasteiger partial charge < -0.3 is 9.47 Å². The minimum Gasteiger partial charge on any atom is -0.497 e. The Morgan fingerprint density at radius 1 is 1.00 bits per heavy atom. The predicted molar refractivity (Wildman–Crippen MR) is 39.7 cm³/mol. The first kappa shape index (κ1) is 9.70. The van der Waals surface area contributed by atoms with Gasteiger partial charge in [0, 0.05) is 0 Å². The van der Waals surface area contributed by atoms with Gasteiger partial charge in [-0.25, -0.2) is 0 Å². The summed E-state index contributed by atoms with van der Waals surface area (Å²) in [5, 5.41) is 0. The second-order valence-electron chi connectivity index (χ2n) is 2.22. The van der Waals surface area contributed by atoms with Crippen LogP contribution in [0.2, 0.25) is 0 Å². The molecule has 0 aliphatic carbocycles. The molecule has 0 fully saturated rings. The van der Waals surface area contributed by atoms with Crippen molar-refractivity contribution in [3.63, 3.8) is 0 Å². The summed E-state index contributed by atoms with van der Waals surface area (Å²) in [7, 11) is 1.43. The van der Waals surface area contributed by atoms with Gasteiger partial charge in [0.05, 0.1) is 7.11 Å². The number of hydrogen-bond donors (Lipinski definition) is 0. The van der Waals surface area contributed by atoms with Gasteiger partial charge in [0.15, 0.2) is 0 Å². The van der Waals surface area contributed by atoms with Crippen LogP contribution in [0.25, 0.3) is 0 Å². The van der Waals surface area contributed by atoms with Crippen LogP contribution in [-0.2, 0) is 0 Å². The number of halogens is 3. The fourth-order valence-electron chi connectivity index (χ4n) is 0.777. The summed E-state index contributed by atoms with van der Waals surface area (Å²) >= 11 is 0. The van der Waals surface area contributed by atoms with Crippen molar-refractivity contribution in [2.24, 2.45) is 0 Å². The van der Waals surface area contributed by atoms with Gasteiger partial charge in [-0.05, 0) is 24.3 Å². The standard InChI is InChI=1S/C8H7F3O2/c1-12-6-2-4-7(5-3-6)13-8(9,10)11/h2-5H,1H3/i9-1. The zero-order valence-electron chi connectivity index (χ0n) is 6.76. The lowest BCUT2D eigenvalue weighted by molar-refractivity contribution is -0.274. The molecule has 1 aromatic rings. The highest BCUT2D eigenvalue weighted by molar-refractivity contribution is 5.31. The monoisotopic (exact) mass is 191 g/mol. The average Bonchev–Trinajstić information content (AvgIpc) is 2.03. The molecular weight excluding hydrogens is 184 g/mol. The van der Waals surface area contributed by atoms with E-state index in [2.05, 4.69) is 4.74 Å². The molecule has 0 heterocycles. The van der Waals surface area contributed by atoms with Crippen molar-refractivity contribution in [3.8, 4) is 11.5 Å². The second-order valence-corrected chi connectivity index (χ2v) is 2.22. The van der Waals surface area contributed by atoms with E-state index in [1.54, 1.807) is 0 Å². The van der Waals surface area contributed by atoms with Gasteiger partial charge in [0.25, 0.3) is 0 Å². The molecule has 1 aromatic carbocycles. The number of alkyl halides is 3. The van der Waals surface area contributed by atoms with Crippen LogP contribution >= 0.6 is 0 Å². The van der Waals surface area contributed by atoms with E-state index >= 15 is 0 Å². The molecule has 0 aliphatic heterocycles. The van der Waals surface area contributed by atoms with Crippen molar-refractivity contribution in [1.82, 2.24) is 0 Å². The van der Waals surface area contributed by atoms with Crippen molar-refractivity contribution in [1.29, 1.82) is 0 Å². The van der Waals surface area contributed by atoms with Gasteiger partial charge in [-0.3, -0.25) is 0 Å². The zero-order valence-corrected chi connectivity index (χ0v) is 6.76. The normalized spacial score (nSPS) is 11.1. The molecule has 2 nitrogen and oxygen atoms in total. The predicted octanol–water partition coefficient (Wildman–Crippen LogP) is 2.59. The highest BCUT2D eigenvalue weighted by atomic mass is 19.3. The van der Waals surface area contributed by atoms with Gasteiger partial charge in [-0.1, -0.05) is 0 Å². The van der Waals surface area contributed by atoms with Gasteiger partial charge in [-0.2, -0.15) is 0 Å². The number of methoxy groups -OCH3 is 1. The molecule has 5 heteroatoms. The Bertz CT molecular complexity index is 266. The Labute approximate surface area is 72.9 Å². The topological polar surface area (TPSA) is 18.5 Å². The molecule has 0 spiro atoms. The number of rotatable bonds is 2. The third-order valence-corrected chi connectivity index (χ3v) is 1.29. The van der Waals surface area contributed by atoms with Crippen LogP contribution in [-0.4, -0.2) is 13.5 Å². The lowest BCUT2D eigenvalue weighted by Crippen LogP contribution is -2.16. The maximum atomic E-state index is 11.7. The molecule has 0 atom stereocenters. The fourth-order valence-corrected chi connectivity index (χ4v) is 0.777. The van der Waals surface area contributed by atoms with Gasteiger partial charge in [-0.15, -0.1) is 13.2 Å². The van der Waals surface area contributed by atoms with Crippen LogP contribution in [0.15, 0.2) is 24.3 Å². The van der Waals surface area contributed by atoms with E-state index in [4.69, 9.17) is 4.74 Å². The molecule has 0 N–H and O–H groups in total. The minimum atomic E-state index is -4.64. The highest BCUT2D eigenvalue weighted by Gasteiger charge is 2.30. The van der Waals surface area contributed by atoms with Crippen LogP contribution in [0.1, 0.15) is 0 Å². The molecule has 0 radical (unpaired) electrons. The average molecular weight is 191 g/mol. The number of ether oxygens (including phenoxy) is 2. The third-order valence-electron chi connectivity index (χ3n) is 1.29. The molecule has 13 heavy (non-hydrogen) atoms. The lowest BCUT2D eigenvalue weighted by Gasteiger charge is -2.08. The van der Waals surface area contributed by atoms with E-state index in [1.165, 1.54) is 31.4 Å². The van der Waals surface area contributed by atoms with E-state index in [-0.39, 0.29) is 5.75 Å². The van der Waals surface area contributed by atoms with Gasteiger partial charge in [0.1, 0.15) is 11.5 Å². The number of benzene rings is 1. The molecule has 0 aliphatic rings. The van der Waals surface area contributed by atoms with Crippen LogP contribution in [0.4, 0.5) is 13.2 Å². The maximum Gasteiger partial charge on any atom is 0.573 e. The van der Waals surface area contributed by atoms with Crippen molar-refractivity contribution < 1.29 is 22.6 Å². The van der Waals surface area contributed by atoms with Crippen LogP contribution < -0.4 is 9.47 Å². The zero-order chi connectivity index (χ0) is 9.90. The molecule has 0 bridgehead atoms. The Kier molecular flexibility index (Phi) is 2.65. The fraction of sp³-hybridized carbons (Fsp3) is 0.250. The molecular formula is C8H7F3O2. The Morgan fingerprint density at radius 2 is 1.46 bits per heavy atom. The van der Waals surface area contributed by atoms with E-state index in [0.717, 1.165) is 0 Å². The summed E-state index contributed by atoms with van der Waals surface area (Å²) < 4.78 is 43.4. The first-order chi connectivity index (χ1) is 6.01. The summed E-state index contributed by atoms with van der Waals surface area (Å²) in [6.45, 7) is 0. The molecule has 1 rings (SSSR count). The maximum absolute atomic E-state index is 11.7. The minimum absolute atomic E-state index is 0.256. The van der Waals surface area contributed by atoms with Crippen molar-refractivity contribution in [3.05, 3.63) is 24.3 Å². The molecule has 0 saturated heterocycles. The first-order valence-electron chi connectivity index (χ1n) is 3.41. The molecule has 0 aromatic heterocycles. The van der Waals surface area contributed by atoms with Crippen molar-refractivity contribution >= 4 is 0 Å². The molecule has 0 saturated carbocycles. The Hall–Kier alpha value is -1.39. The third kappa shape index (κ3) is 3.23. The molecule has 72 valence electrons. The van der Waals surface area contributed by atoms with Gasteiger partial charge in [0.2, 0.25) is 0 Å². The first-order valence-corrected chi connectivity index (χ1v) is 3.41. The summed E-state index contributed by atoms with van der Waals surface area (Å²) in [4.78, 5) is 0. The Balaban J connectivity index is 2.70. The highest BCUT2D eigenvalue weighted by Crippen LogP contribution is 2.24. The van der Waals surface area contributed by atoms with E-state index in [9.17, 15) is 13.2 Å². The van der Waals surface area contributed by atoms with E-state index in [1.807, 2.05) is 0 Å². The quantitative estimate of drug-likeness (QED) is 0.715. The van der Waals surface area contributed by atoms with Crippen LogP contribution in [0, 0.1) is 0 Å². The SMILES string of the molecule is COc1ccc(OC(F)(F)[18F])cc1. The smallest absolute Gasteiger partial charge is 0.497 e. The summed E-state index contributed by atoms with van der Waals surface area (Å²) in [5.74, 6) is 0.225. The van der Waals surface area contributed by atoms with Crippen LogP contribution in [0.3, 0.4) is 0 Å². The Morgan fingerprint density at radius 3 is 1.85 bits per heavy atom. The molecule has 0 unspecified atom stereocenters. The van der Waals surface area contributed by atoms with E-state index < -0.39 is 6.36 Å². The largest absolute Gasteiger partial charge is 0.573 e. The van der Waals surface area contributed by atoms with Crippen molar-refractivity contribution in [2.45, 2.75) is 6.36 Å². The van der Waals surface area contributed by atoms with Gasteiger partial charge >= 0.3 is 6.36 Å². The summed E-state index contributed by atoms with van der Waals surface area (Å²) in [5.41, 5.74) is 0. The van der Waals surface area contributed by atoms with Crippen LogP contribution in [0.5, 0.6) is 11.5 Å². The lowest BCUT2D eigenvalue weighted by atomic mass is 10.3. The molecule has 0 amide bonds.